The molecular weight excluding hydrogens is 250 g/mol. The molecular formula is C16H23N3O. The van der Waals surface area contributed by atoms with Crippen molar-refractivity contribution in [2.75, 3.05) is 25.0 Å². The van der Waals surface area contributed by atoms with Gasteiger partial charge in [-0.1, -0.05) is 13.3 Å². The van der Waals surface area contributed by atoms with Gasteiger partial charge in [-0.2, -0.15) is 0 Å². The van der Waals surface area contributed by atoms with E-state index in [0.717, 1.165) is 43.6 Å². The van der Waals surface area contributed by atoms with Crippen LogP contribution in [-0.4, -0.2) is 35.4 Å². The number of amides is 1. The van der Waals surface area contributed by atoms with Crippen molar-refractivity contribution in [2.24, 2.45) is 11.8 Å². The number of fused-ring (bicyclic) bond motifs is 1. The van der Waals surface area contributed by atoms with Crippen molar-refractivity contribution in [3.05, 3.63) is 24.0 Å². The Morgan fingerprint density at radius 3 is 2.85 bits per heavy atom. The molecule has 2 aliphatic rings. The molecule has 1 aromatic rings. The van der Waals surface area contributed by atoms with E-state index in [1.54, 1.807) is 6.20 Å². The largest absolute Gasteiger partial charge is 0.385 e. The lowest BCUT2D eigenvalue weighted by atomic mass is 10.0. The average molecular weight is 273 g/mol. The lowest BCUT2D eigenvalue weighted by Crippen LogP contribution is -2.30. The van der Waals surface area contributed by atoms with Crippen LogP contribution >= 0.6 is 0 Å². The van der Waals surface area contributed by atoms with Gasteiger partial charge in [0.2, 0.25) is 0 Å². The lowest BCUT2D eigenvalue weighted by Gasteiger charge is -2.17. The maximum absolute atomic E-state index is 12.5. The first kappa shape index (κ1) is 13.4. The highest BCUT2D eigenvalue weighted by atomic mass is 16.2. The molecule has 20 heavy (non-hydrogen) atoms. The second-order valence-electron chi connectivity index (χ2n) is 6.02. The molecule has 1 amide bonds. The molecule has 0 aromatic carbocycles. The summed E-state index contributed by atoms with van der Waals surface area (Å²) in [5, 5.41) is 3.31. The predicted molar refractivity (Wildman–Crippen MR) is 79.8 cm³/mol. The second kappa shape index (κ2) is 5.81. The van der Waals surface area contributed by atoms with E-state index >= 15 is 0 Å². The van der Waals surface area contributed by atoms with E-state index < -0.39 is 0 Å². The van der Waals surface area contributed by atoms with Gasteiger partial charge >= 0.3 is 0 Å². The molecule has 2 fully saturated rings. The molecule has 4 nitrogen and oxygen atoms in total. The van der Waals surface area contributed by atoms with Crippen LogP contribution in [0.3, 0.4) is 0 Å². The summed E-state index contributed by atoms with van der Waals surface area (Å²) in [5.41, 5.74) is 1.57. The fraction of sp³-hybridized carbons (Fsp3) is 0.625. The Bertz CT molecular complexity index is 476. The fourth-order valence-corrected chi connectivity index (χ4v) is 3.49. The van der Waals surface area contributed by atoms with Crippen LogP contribution in [-0.2, 0) is 0 Å². The minimum Gasteiger partial charge on any atom is -0.385 e. The number of likely N-dealkylation sites (tertiary alicyclic amines) is 1. The number of nitrogens with zero attached hydrogens (tertiary/aromatic N) is 2. The molecule has 2 unspecified atom stereocenters. The predicted octanol–water partition coefficient (Wildman–Crippen LogP) is 2.78. The third-order valence-electron chi connectivity index (χ3n) is 4.57. The second-order valence-corrected chi connectivity index (χ2v) is 6.02. The van der Waals surface area contributed by atoms with Gasteiger partial charge in [0.25, 0.3) is 5.91 Å². The summed E-state index contributed by atoms with van der Waals surface area (Å²) in [6.07, 6.45) is 6.72. The Labute approximate surface area is 120 Å². The summed E-state index contributed by atoms with van der Waals surface area (Å²) >= 11 is 0. The SMILES string of the molecule is CCCNc1ccnc(C(=O)N2CC3CCCC3C2)c1. The van der Waals surface area contributed by atoms with Crippen LogP contribution in [0.5, 0.6) is 0 Å². The zero-order valence-electron chi connectivity index (χ0n) is 12.1. The fourth-order valence-electron chi connectivity index (χ4n) is 3.49. The van der Waals surface area contributed by atoms with Gasteiger partial charge in [0, 0.05) is 31.5 Å². The van der Waals surface area contributed by atoms with E-state index in [4.69, 9.17) is 0 Å². The molecule has 1 aliphatic carbocycles. The Kier molecular flexibility index (Phi) is 3.90. The number of nitrogens with one attached hydrogen (secondary N) is 1. The van der Waals surface area contributed by atoms with Crippen molar-refractivity contribution >= 4 is 11.6 Å². The van der Waals surface area contributed by atoms with Crippen molar-refractivity contribution in [3.8, 4) is 0 Å². The molecule has 0 bridgehead atoms. The van der Waals surface area contributed by atoms with E-state index in [-0.39, 0.29) is 5.91 Å². The van der Waals surface area contributed by atoms with E-state index in [9.17, 15) is 4.79 Å². The van der Waals surface area contributed by atoms with Gasteiger partial charge in [-0.15, -0.1) is 0 Å². The number of aromatic nitrogens is 1. The molecule has 1 aromatic heterocycles. The first-order valence-corrected chi connectivity index (χ1v) is 7.77. The van der Waals surface area contributed by atoms with Crippen LogP contribution in [0.25, 0.3) is 0 Å². The molecule has 0 radical (unpaired) electrons. The van der Waals surface area contributed by atoms with E-state index in [0.29, 0.717) is 5.69 Å². The van der Waals surface area contributed by atoms with Gasteiger partial charge < -0.3 is 10.2 Å². The summed E-state index contributed by atoms with van der Waals surface area (Å²) < 4.78 is 0. The molecule has 0 spiro atoms. The van der Waals surface area contributed by atoms with Gasteiger partial charge in [0.05, 0.1) is 0 Å². The summed E-state index contributed by atoms with van der Waals surface area (Å²) in [5.74, 6) is 1.57. The quantitative estimate of drug-likeness (QED) is 0.917. The smallest absolute Gasteiger partial charge is 0.272 e. The van der Waals surface area contributed by atoms with Crippen LogP contribution in [0.4, 0.5) is 5.69 Å². The normalized spacial score (nSPS) is 24.8. The zero-order chi connectivity index (χ0) is 13.9. The van der Waals surface area contributed by atoms with Crippen molar-refractivity contribution in [3.63, 3.8) is 0 Å². The molecule has 4 heteroatoms. The van der Waals surface area contributed by atoms with Crippen LogP contribution < -0.4 is 5.32 Å². The number of rotatable bonds is 4. The first-order chi connectivity index (χ1) is 9.78. The molecule has 3 rings (SSSR count). The monoisotopic (exact) mass is 273 g/mol. The van der Waals surface area contributed by atoms with Crippen LogP contribution in [0.1, 0.15) is 43.1 Å². The lowest BCUT2D eigenvalue weighted by molar-refractivity contribution is 0.0775. The van der Waals surface area contributed by atoms with Gasteiger partial charge in [0.1, 0.15) is 5.69 Å². The third-order valence-corrected chi connectivity index (χ3v) is 4.57. The maximum Gasteiger partial charge on any atom is 0.272 e. The van der Waals surface area contributed by atoms with Gasteiger partial charge in [-0.05, 0) is 43.2 Å². The van der Waals surface area contributed by atoms with E-state index in [1.807, 2.05) is 17.0 Å². The molecule has 1 aliphatic heterocycles. The van der Waals surface area contributed by atoms with Crippen LogP contribution in [0, 0.1) is 11.8 Å². The Hall–Kier alpha value is -1.58. The molecule has 1 saturated carbocycles. The molecule has 2 atom stereocenters. The minimum absolute atomic E-state index is 0.0968. The standard InChI is InChI=1S/C16H23N3O/c1-2-7-17-14-6-8-18-15(9-14)16(20)19-10-12-4-3-5-13(12)11-19/h6,8-9,12-13H,2-5,7,10-11H2,1H3,(H,17,18). The minimum atomic E-state index is 0.0968. The summed E-state index contributed by atoms with van der Waals surface area (Å²) in [7, 11) is 0. The van der Waals surface area contributed by atoms with Gasteiger partial charge in [-0.25, -0.2) is 0 Å². The third kappa shape index (κ3) is 2.65. The van der Waals surface area contributed by atoms with E-state index in [1.165, 1.54) is 19.3 Å². The molecule has 2 heterocycles. The maximum atomic E-state index is 12.5. The number of carbonyl (C=O) groups excluding carboxylic acids is 1. The summed E-state index contributed by atoms with van der Waals surface area (Å²) in [6.45, 7) is 4.91. The Balaban J connectivity index is 1.68. The highest BCUT2D eigenvalue weighted by molar-refractivity contribution is 5.93. The van der Waals surface area contributed by atoms with Crippen molar-refractivity contribution < 1.29 is 4.79 Å². The number of pyridine rings is 1. The highest BCUT2D eigenvalue weighted by Gasteiger charge is 2.38. The van der Waals surface area contributed by atoms with Gasteiger partial charge in [0.15, 0.2) is 0 Å². The topological polar surface area (TPSA) is 45.2 Å². The average Bonchev–Trinajstić information content (AvgIpc) is 3.06. The number of hydrogen-bond acceptors (Lipinski definition) is 3. The molecule has 1 saturated heterocycles. The Morgan fingerprint density at radius 1 is 1.40 bits per heavy atom. The number of carbonyl (C=O) groups is 1. The number of hydrogen-bond donors (Lipinski definition) is 1. The Morgan fingerprint density at radius 2 is 2.15 bits per heavy atom. The zero-order valence-corrected chi connectivity index (χ0v) is 12.1. The van der Waals surface area contributed by atoms with Crippen molar-refractivity contribution in [1.29, 1.82) is 0 Å². The molecule has 108 valence electrons. The van der Waals surface area contributed by atoms with Gasteiger partial charge in [-0.3, -0.25) is 9.78 Å². The summed E-state index contributed by atoms with van der Waals surface area (Å²) in [4.78, 5) is 18.8. The van der Waals surface area contributed by atoms with Crippen LogP contribution in [0.2, 0.25) is 0 Å². The van der Waals surface area contributed by atoms with E-state index in [2.05, 4.69) is 17.2 Å². The number of anilines is 1. The summed E-state index contributed by atoms with van der Waals surface area (Å²) in [6, 6.07) is 3.80. The van der Waals surface area contributed by atoms with Crippen molar-refractivity contribution in [2.45, 2.75) is 32.6 Å². The highest BCUT2D eigenvalue weighted by Crippen LogP contribution is 2.38. The first-order valence-electron chi connectivity index (χ1n) is 7.77. The van der Waals surface area contributed by atoms with Crippen LogP contribution in [0.15, 0.2) is 18.3 Å². The van der Waals surface area contributed by atoms with Crippen molar-refractivity contribution in [1.82, 2.24) is 9.88 Å². The molecule has 1 N–H and O–H groups in total.